The lowest BCUT2D eigenvalue weighted by Gasteiger charge is -2.01. The lowest BCUT2D eigenvalue weighted by atomic mass is 10.3. The summed E-state index contributed by atoms with van der Waals surface area (Å²) < 4.78 is 1.27. The van der Waals surface area contributed by atoms with Gasteiger partial charge < -0.3 is 15.4 Å². The summed E-state index contributed by atoms with van der Waals surface area (Å²) in [5.74, 6) is -0.196. The second-order valence-electron chi connectivity index (χ2n) is 3.54. The predicted octanol–water partition coefficient (Wildman–Crippen LogP) is 1.34. The van der Waals surface area contributed by atoms with Crippen LogP contribution in [0.3, 0.4) is 0 Å². The largest absolute Gasteiger partial charge is 0.508 e. The van der Waals surface area contributed by atoms with Gasteiger partial charge in [-0.3, -0.25) is 4.79 Å². The van der Waals surface area contributed by atoms with Gasteiger partial charge in [-0.2, -0.15) is 0 Å². The van der Waals surface area contributed by atoms with Gasteiger partial charge in [-0.25, -0.2) is 0 Å². The molecular formula is C12H10N2O2S2. The van der Waals surface area contributed by atoms with Crippen molar-refractivity contribution in [2.45, 2.75) is 0 Å². The van der Waals surface area contributed by atoms with Gasteiger partial charge in [0.05, 0.1) is 9.88 Å². The molecule has 0 radical (unpaired) electrons. The normalized spacial score (nSPS) is 11.4. The Balaban J connectivity index is 2.24. The number of H-pyrrole nitrogens is 1. The van der Waals surface area contributed by atoms with E-state index >= 15 is 0 Å². The highest BCUT2D eigenvalue weighted by Gasteiger charge is 2.00. The number of aromatic amines is 1. The Hall–Kier alpha value is -1.92. The van der Waals surface area contributed by atoms with Crippen molar-refractivity contribution in [2.24, 2.45) is 0 Å². The molecule has 3 N–H and O–H groups in total. The van der Waals surface area contributed by atoms with Crippen molar-refractivity contribution in [2.75, 3.05) is 5.32 Å². The summed E-state index contributed by atoms with van der Waals surface area (Å²) in [6, 6.07) is 6.34. The Morgan fingerprint density at radius 2 is 2.33 bits per heavy atom. The molecule has 92 valence electrons. The second-order valence-corrected chi connectivity index (χ2v) is 5.26. The smallest absolute Gasteiger partial charge is 0.249 e. The third-order valence-corrected chi connectivity index (χ3v) is 3.35. The van der Waals surface area contributed by atoms with Gasteiger partial charge in [0.25, 0.3) is 0 Å². The Kier molecular flexibility index (Phi) is 3.59. The zero-order chi connectivity index (χ0) is 13.1. The number of hydrogen-bond donors (Lipinski definition) is 3. The zero-order valence-electron chi connectivity index (χ0n) is 9.27. The van der Waals surface area contributed by atoms with Crippen molar-refractivity contribution in [1.29, 1.82) is 0 Å². The highest BCUT2D eigenvalue weighted by molar-refractivity contribution is 7.73. The molecule has 18 heavy (non-hydrogen) atoms. The van der Waals surface area contributed by atoms with Crippen molar-refractivity contribution in [3.63, 3.8) is 0 Å². The monoisotopic (exact) mass is 278 g/mol. The van der Waals surface area contributed by atoms with Gasteiger partial charge in [-0.05, 0) is 24.4 Å². The van der Waals surface area contributed by atoms with Crippen LogP contribution in [-0.2, 0) is 4.79 Å². The first-order valence-corrected chi connectivity index (χ1v) is 6.27. The summed E-state index contributed by atoms with van der Waals surface area (Å²) >= 11 is 6.25. The SMILES string of the molecule is C=c1[nH]c(=S)s/c1=C\C(=O)Nc1cccc(O)c1. The van der Waals surface area contributed by atoms with E-state index in [9.17, 15) is 9.90 Å². The number of nitrogens with one attached hydrogen (secondary N) is 2. The van der Waals surface area contributed by atoms with Crippen LogP contribution in [0.15, 0.2) is 24.3 Å². The van der Waals surface area contributed by atoms with Gasteiger partial charge in [0, 0.05) is 17.8 Å². The van der Waals surface area contributed by atoms with E-state index in [2.05, 4.69) is 16.9 Å². The van der Waals surface area contributed by atoms with Crippen LogP contribution in [0.1, 0.15) is 0 Å². The predicted molar refractivity (Wildman–Crippen MR) is 75.5 cm³/mol. The van der Waals surface area contributed by atoms with Crippen LogP contribution in [0.2, 0.25) is 0 Å². The fraction of sp³-hybridized carbons (Fsp3) is 0. The second kappa shape index (κ2) is 5.16. The molecule has 2 aromatic rings. The maximum absolute atomic E-state index is 11.7. The molecule has 1 amide bonds. The summed E-state index contributed by atoms with van der Waals surface area (Å²) in [5.41, 5.74) is 0.529. The number of carbonyl (C=O) groups is 1. The topological polar surface area (TPSA) is 65.1 Å². The highest BCUT2D eigenvalue weighted by atomic mass is 32.1. The van der Waals surface area contributed by atoms with Crippen molar-refractivity contribution < 1.29 is 9.90 Å². The summed E-state index contributed by atoms with van der Waals surface area (Å²) in [7, 11) is 0. The molecule has 0 aliphatic carbocycles. The Labute approximate surface area is 112 Å². The summed E-state index contributed by atoms with van der Waals surface area (Å²) in [4.78, 5) is 14.6. The molecule has 1 aromatic carbocycles. The summed E-state index contributed by atoms with van der Waals surface area (Å²) in [6.45, 7) is 3.75. The fourth-order valence-corrected chi connectivity index (χ4v) is 2.48. The summed E-state index contributed by atoms with van der Waals surface area (Å²) in [6.07, 6.45) is 1.42. The molecule has 4 nitrogen and oxygen atoms in total. The van der Waals surface area contributed by atoms with E-state index in [1.807, 2.05) is 0 Å². The van der Waals surface area contributed by atoms with Crippen molar-refractivity contribution in [3.8, 4) is 5.75 Å². The number of benzene rings is 1. The number of phenols is 1. The fourth-order valence-electron chi connectivity index (χ4n) is 1.37. The first-order valence-electron chi connectivity index (χ1n) is 5.04. The quantitative estimate of drug-likeness (QED) is 0.726. The molecule has 1 aromatic heterocycles. The third-order valence-electron chi connectivity index (χ3n) is 2.13. The molecule has 0 atom stereocenters. The standard InChI is InChI=1S/C12H10N2O2S2/c1-7-10(18-12(17)13-7)6-11(16)14-8-3-2-4-9(15)5-8/h2-6,15H,1H2,(H,13,17)(H,14,16)/b10-6-. The minimum atomic E-state index is -0.296. The molecule has 0 unspecified atom stereocenters. The number of amides is 1. The Morgan fingerprint density at radius 3 is 2.94 bits per heavy atom. The number of carbonyl (C=O) groups excluding carboxylic acids is 1. The summed E-state index contributed by atoms with van der Waals surface area (Å²) in [5, 5.41) is 12.5. The van der Waals surface area contributed by atoms with E-state index in [0.29, 0.717) is 19.5 Å². The maximum Gasteiger partial charge on any atom is 0.249 e. The van der Waals surface area contributed by atoms with Crippen LogP contribution in [0.25, 0.3) is 12.7 Å². The molecule has 1 heterocycles. The minimum Gasteiger partial charge on any atom is -0.508 e. The van der Waals surface area contributed by atoms with Crippen molar-refractivity contribution >= 4 is 47.8 Å². The Bertz CT molecular complexity index is 746. The molecule has 0 fully saturated rings. The lowest BCUT2D eigenvalue weighted by molar-refractivity contribution is -0.110. The van der Waals surface area contributed by atoms with Crippen molar-refractivity contribution in [1.82, 2.24) is 4.98 Å². The molecule has 6 heteroatoms. The first-order chi connectivity index (χ1) is 8.54. The van der Waals surface area contributed by atoms with Gasteiger partial charge in [0.1, 0.15) is 5.75 Å². The van der Waals surface area contributed by atoms with E-state index in [0.717, 1.165) is 0 Å². The molecule has 0 aliphatic rings. The van der Waals surface area contributed by atoms with Gasteiger partial charge in [-0.15, -0.1) is 11.3 Å². The number of anilines is 1. The van der Waals surface area contributed by atoms with E-state index in [4.69, 9.17) is 12.2 Å². The maximum atomic E-state index is 11.7. The highest BCUT2D eigenvalue weighted by Crippen LogP contribution is 2.15. The van der Waals surface area contributed by atoms with E-state index in [-0.39, 0.29) is 11.7 Å². The number of aromatic nitrogens is 1. The number of aromatic hydroxyl groups is 1. The number of thiazole rings is 1. The number of phenolic OH excluding ortho intramolecular Hbond substituents is 1. The molecule has 0 saturated heterocycles. The van der Waals surface area contributed by atoms with E-state index in [1.165, 1.54) is 29.5 Å². The van der Waals surface area contributed by atoms with Crippen LogP contribution in [0.5, 0.6) is 5.75 Å². The van der Waals surface area contributed by atoms with E-state index in [1.54, 1.807) is 12.1 Å². The van der Waals surface area contributed by atoms with Crippen LogP contribution in [0.4, 0.5) is 5.69 Å². The van der Waals surface area contributed by atoms with E-state index < -0.39 is 0 Å². The zero-order valence-corrected chi connectivity index (χ0v) is 10.9. The lowest BCUT2D eigenvalue weighted by Crippen LogP contribution is -2.22. The van der Waals surface area contributed by atoms with Crippen LogP contribution in [-0.4, -0.2) is 16.0 Å². The molecule has 0 saturated carbocycles. The van der Waals surface area contributed by atoms with Crippen molar-refractivity contribution in [3.05, 3.63) is 38.1 Å². The van der Waals surface area contributed by atoms with Gasteiger partial charge in [0.2, 0.25) is 5.91 Å². The average molecular weight is 278 g/mol. The minimum absolute atomic E-state index is 0.1000. The number of hydrogen-bond acceptors (Lipinski definition) is 4. The average Bonchev–Trinajstić information content (AvgIpc) is 2.57. The Morgan fingerprint density at radius 1 is 1.56 bits per heavy atom. The van der Waals surface area contributed by atoms with Gasteiger partial charge in [0.15, 0.2) is 3.95 Å². The third kappa shape index (κ3) is 3.06. The molecule has 0 aliphatic heterocycles. The van der Waals surface area contributed by atoms with Gasteiger partial charge >= 0.3 is 0 Å². The molecular weight excluding hydrogens is 268 g/mol. The first kappa shape index (κ1) is 12.5. The molecule has 0 spiro atoms. The molecule has 0 bridgehead atoms. The van der Waals surface area contributed by atoms with Gasteiger partial charge in [-0.1, -0.05) is 12.6 Å². The number of rotatable bonds is 2. The van der Waals surface area contributed by atoms with Crippen LogP contribution < -0.4 is 15.2 Å². The van der Waals surface area contributed by atoms with Crippen LogP contribution in [0, 0.1) is 3.95 Å². The van der Waals surface area contributed by atoms with Crippen LogP contribution >= 0.6 is 23.6 Å². The molecule has 2 rings (SSSR count).